The van der Waals surface area contributed by atoms with Crippen LogP contribution in [0.1, 0.15) is 168 Å². The number of carbonyl (C=O) groups is 2. The lowest BCUT2D eigenvalue weighted by atomic mass is 10.1. The van der Waals surface area contributed by atoms with Gasteiger partial charge in [-0.1, -0.05) is 129 Å². The van der Waals surface area contributed by atoms with Crippen LogP contribution in [0.25, 0.3) is 0 Å². The molecule has 0 aromatic carbocycles. The molecule has 0 fully saturated rings. The van der Waals surface area contributed by atoms with Crippen molar-refractivity contribution in [3.63, 3.8) is 0 Å². The Hall–Kier alpha value is -1.32. The maximum atomic E-state index is 11.4. The second-order valence-corrected chi connectivity index (χ2v) is 11.5. The van der Waals surface area contributed by atoms with Crippen molar-refractivity contribution < 1.29 is 9.59 Å². The summed E-state index contributed by atoms with van der Waals surface area (Å²) in [5, 5.41) is 0. The van der Waals surface area contributed by atoms with Gasteiger partial charge in [-0.05, 0) is 38.5 Å². The number of hydrogen-bond donors (Lipinski definition) is 0. The van der Waals surface area contributed by atoms with Crippen LogP contribution in [0.5, 0.6) is 0 Å². The molecule has 0 aliphatic heterocycles. The van der Waals surface area contributed by atoms with Crippen molar-refractivity contribution in [3.05, 3.63) is 12.2 Å². The van der Waals surface area contributed by atoms with Crippen LogP contribution >= 0.6 is 0 Å². The molecule has 0 saturated heterocycles. The van der Waals surface area contributed by atoms with Gasteiger partial charge in [-0.2, -0.15) is 0 Å². The van der Waals surface area contributed by atoms with Crippen molar-refractivity contribution in [2.24, 2.45) is 0 Å². The topological polar surface area (TPSA) is 40.6 Å². The van der Waals surface area contributed by atoms with Gasteiger partial charge in [-0.3, -0.25) is 9.59 Å². The van der Waals surface area contributed by atoms with Crippen LogP contribution in [0, 0.1) is 0 Å². The highest BCUT2D eigenvalue weighted by molar-refractivity contribution is 5.75. The maximum Gasteiger partial charge on any atom is 0.222 e. The summed E-state index contributed by atoms with van der Waals surface area (Å²) in [6.45, 7) is 4.52. The SMILES string of the molecule is CCCCCCCC/C=C\CCCCCCCC(=O)N(C)C.CCCCCCCCCCCC(=O)N(C)C. The molecule has 0 saturated carbocycles. The molecule has 4 heteroatoms. The fraction of sp³-hybridized carbons (Fsp3) is 0.882. The lowest BCUT2D eigenvalue weighted by Gasteiger charge is -2.09. The van der Waals surface area contributed by atoms with Crippen molar-refractivity contribution in [2.75, 3.05) is 28.2 Å². The molecule has 0 spiro atoms. The van der Waals surface area contributed by atoms with Crippen molar-refractivity contribution in [1.29, 1.82) is 0 Å². The Morgan fingerprint density at radius 3 is 0.974 bits per heavy atom. The minimum Gasteiger partial charge on any atom is -0.349 e. The van der Waals surface area contributed by atoms with Gasteiger partial charge in [-0.25, -0.2) is 0 Å². The van der Waals surface area contributed by atoms with E-state index in [0.29, 0.717) is 6.42 Å². The van der Waals surface area contributed by atoms with Crippen LogP contribution in [0.2, 0.25) is 0 Å². The predicted octanol–water partition coefficient (Wildman–Crippen LogP) is 10.1. The van der Waals surface area contributed by atoms with Gasteiger partial charge in [0.2, 0.25) is 11.8 Å². The largest absolute Gasteiger partial charge is 0.349 e. The Balaban J connectivity index is 0. The fourth-order valence-corrected chi connectivity index (χ4v) is 4.38. The third kappa shape index (κ3) is 32.7. The number of allylic oxidation sites excluding steroid dienone is 2. The third-order valence-corrected chi connectivity index (χ3v) is 7.14. The molecule has 0 heterocycles. The molecule has 0 unspecified atom stereocenters. The van der Waals surface area contributed by atoms with E-state index >= 15 is 0 Å². The summed E-state index contributed by atoms with van der Waals surface area (Å²) in [6, 6.07) is 0. The molecule has 0 N–H and O–H groups in total. The first-order valence-electron chi connectivity index (χ1n) is 16.4. The number of unbranched alkanes of at least 4 members (excludes halogenated alkanes) is 19. The van der Waals surface area contributed by atoms with Gasteiger partial charge in [0, 0.05) is 41.0 Å². The van der Waals surface area contributed by atoms with Crippen molar-refractivity contribution in [1.82, 2.24) is 9.80 Å². The standard InChI is InChI=1S/C20H39NO.C14H29NO/c1-4-5-6-7-8-9-10-11-12-13-14-15-16-17-18-19-20(22)21(2)3;1-4-5-6-7-8-9-10-11-12-13-14(16)15(2)3/h11-12H,4-10,13-19H2,1-3H3;4-13H2,1-3H3/b12-11-;. The zero-order valence-electron chi connectivity index (χ0n) is 26.8. The number of nitrogens with zero attached hydrogens (tertiary/aromatic N) is 2. The molecular weight excluding hydrogens is 468 g/mol. The van der Waals surface area contributed by atoms with E-state index in [-0.39, 0.29) is 11.8 Å². The first kappa shape index (κ1) is 38.8. The molecule has 4 nitrogen and oxygen atoms in total. The first-order chi connectivity index (χ1) is 18.4. The average Bonchev–Trinajstić information content (AvgIpc) is 2.89. The molecule has 0 atom stereocenters. The van der Waals surface area contributed by atoms with Gasteiger partial charge in [0.05, 0.1) is 0 Å². The van der Waals surface area contributed by atoms with Gasteiger partial charge in [0.15, 0.2) is 0 Å². The second kappa shape index (κ2) is 31.9. The van der Waals surface area contributed by atoms with E-state index in [4.69, 9.17) is 0 Å². The monoisotopic (exact) mass is 537 g/mol. The Bertz CT molecular complexity index is 529. The van der Waals surface area contributed by atoms with Gasteiger partial charge in [-0.15, -0.1) is 0 Å². The summed E-state index contributed by atoms with van der Waals surface area (Å²) in [7, 11) is 7.33. The van der Waals surface area contributed by atoms with Crippen LogP contribution in [-0.4, -0.2) is 49.8 Å². The van der Waals surface area contributed by atoms with Crippen molar-refractivity contribution in [2.45, 2.75) is 168 Å². The highest BCUT2D eigenvalue weighted by Crippen LogP contribution is 2.11. The summed E-state index contributed by atoms with van der Waals surface area (Å²) in [5.41, 5.74) is 0. The molecule has 0 aliphatic rings. The molecular formula is C34H68N2O2. The number of rotatable bonds is 25. The molecule has 0 aliphatic carbocycles. The molecule has 0 rings (SSSR count). The van der Waals surface area contributed by atoms with E-state index in [1.54, 1.807) is 9.80 Å². The third-order valence-electron chi connectivity index (χ3n) is 7.14. The van der Waals surface area contributed by atoms with Crippen LogP contribution in [-0.2, 0) is 9.59 Å². The zero-order chi connectivity index (χ0) is 28.7. The highest BCUT2D eigenvalue weighted by atomic mass is 16.2. The van der Waals surface area contributed by atoms with Crippen molar-refractivity contribution >= 4 is 11.8 Å². The molecule has 0 aromatic rings. The Morgan fingerprint density at radius 1 is 0.421 bits per heavy atom. The molecule has 38 heavy (non-hydrogen) atoms. The van der Waals surface area contributed by atoms with Gasteiger partial charge in [0.1, 0.15) is 0 Å². The van der Waals surface area contributed by atoms with E-state index in [1.165, 1.54) is 128 Å². The average molecular weight is 537 g/mol. The number of amides is 2. The van der Waals surface area contributed by atoms with Crippen LogP contribution in [0.3, 0.4) is 0 Å². The highest BCUT2D eigenvalue weighted by Gasteiger charge is 2.03. The fourth-order valence-electron chi connectivity index (χ4n) is 4.38. The predicted molar refractivity (Wildman–Crippen MR) is 169 cm³/mol. The zero-order valence-corrected chi connectivity index (χ0v) is 26.8. The van der Waals surface area contributed by atoms with Crippen LogP contribution in [0.4, 0.5) is 0 Å². The Labute approximate surface area is 239 Å². The van der Waals surface area contributed by atoms with Crippen LogP contribution in [0.15, 0.2) is 12.2 Å². The van der Waals surface area contributed by atoms with E-state index in [1.807, 2.05) is 28.2 Å². The first-order valence-corrected chi connectivity index (χ1v) is 16.4. The van der Waals surface area contributed by atoms with E-state index in [9.17, 15) is 9.59 Å². The number of hydrogen-bond acceptors (Lipinski definition) is 2. The summed E-state index contributed by atoms with van der Waals surface area (Å²) < 4.78 is 0. The lowest BCUT2D eigenvalue weighted by molar-refractivity contribution is -0.129. The quantitative estimate of drug-likeness (QED) is 0.0860. The smallest absolute Gasteiger partial charge is 0.222 e. The molecule has 0 aromatic heterocycles. The van der Waals surface area contributed by atoms with E-state index in [0.717, 1.165) is 19.3 Å². The summed E-state index contributed by atoms with van der Waals surface area (Å²) >= 11 is 0. The number of carbonyl (C=O) groups excluding carboxylic acids is 2. The maximum absolute atomic E-state index is 11.4. The molecule has 2 amide bonds. The molecule has 226 valence electrons. The normalized spacial score (nSPS) is 10.9. The second-order valence-electron chi connectivity index (χ2n) is 11.5. The van der Waals surface area contributed by atoms with Crippen molar-refractivity contribution in [3.8, 4) is 0 Å². The minimum atomic E-state index is 0.262. The van der Waals surface area contributed by atoms with Gasteiger partial charge < -0.3 is 9.80 Å². The Morgan fingerprint density at radius 2 is 0.684 bits per heavy atom. The minimum absolute atomic E-state index is 0.262. The summed E-state index contributed by atoms with van der Waals surface area (Å²) in [5.74, 6) is 0.528. The van der Waals surface area contributed by atoms with E-state index in [2.05, 4.69) is 26.0 Å². The van der Waals surface area contributed by atoms with E-state index < -0.39 is 0 Å². The Kier molecular flexibility index (Phi) is 32.6. The molecule has 0 bridgehead atoms. The summed E-state index contributed by atoms with van der Waals surface area (Å²) in [6.07, 6.45) is 34.9. The van der Waals surface area contributed by atoms with Gasteiger partial charge in [0.25, 0.3) is 0 Å². The lowest BCUT2D eigenvalue weighted by Crippen LogP contribution is -2.20. The summed E-state index contributed by atoms with van der Waals surface area (Å²) in [4.78, 5) is 26.0. The molecule has 0 radical (unpaired) electrons. The van der Waals surface area contributed by atoms with Crippen LogP contribution < -0.4 is 0 Å². The van der Waals surface area contributed by atoms with Gasteiger partial charge >= 0.3 is 0 Å².